The molecule has 0 radical (unpaired) electrons. The molecule has 4 aliphatic rings. The van der Waals surface area contributed by atoms with Gasteiger partial charge in [-0.15, -0.1) is 0 Å². The third-order valence-electron chi connectivity index (χ3n) is 5.99. The van der Waals surface area contributed by atoms with E-state index in [2.05, 4.69) is 16.5 Å². The molecular formula is C16H22N4. The van der Waals surface area contributed by atoms with Crippen LogP contribution in [0.15, 0.2) is 6.20 Å². The SMILES string of the molecule is Cn1ncc(C#N)c1NCC1C2CC3CC(C2)CC1C3. The Balaban J connectivity index is 1.47. The normalized spacial score (nSPS) is 37.9. The Morgan fingerprint density at radius 3 is 2.50 bits per heavy atom. The van der Waals surface area contributed by atoms with Gasteiger partial charge in [-0.3, -0.25) is 4.68 Å². The Labute approximate surface area is 120 Å². The van der Waals surface area contributed by atoms with Crippen molar-refractivity contribution < 1.29 is 0 Å². The van der Waals surface area contributed by atoms with Crippen molar-refractivity contribution in [3.8, 4) is 6.07 Å². The monoisotopic (exact) mass is 270 g/mol. The van der Waals surface area contributed by atoms with Crippen LogP contribution in [0.2, 0.25) is 0 Å². The number of nitriles is 1. The maximum Gasteiger partial charge on any atom is 0.142 e. The topological polar surface area (TPSA) is 53.6 Å². The first kappa shape index (κ1) is 12.3. The molecule has 0 unspecified atom stereocenters. The van der Waals surface area contributed by atoms with Crippen molar-refractivity contribution in [2.75, 3.05) is 11.9 Å². The first-order chi connectivity index (χ1) is 9.74. The predicted octanol–water partition coefficient (Wildman–Crippen LogP) is 2.78. The van der Waals surface area contributed by atoms with Crippen molar-refractivity contribution in [3.63, 3.8) is 0 Å². The van der Waals surface area contributed by atoms with E-state index in [0.29, 0.717) is 5.56 Å². The van der Waals surface area contributed by atoms with E-state index in [1.165, 1.54) is 32.1 Å². The van der Waals surface area contributed by atoms with E-state index in [0.717, 1.165) is 42.0 Å². The summed E-state index contributed by atoms with van der Waals surface area (Å²) in [5.74, 6) is 5.61. The Bertz CT molecular complexity index is 525. The van der Waals surface area contributed by atoms with Gasteiger partial charge in [0.05, 0.1) is 6.20 Å². The largest absolute Gasteiger partial charge is 0.369 e. The first-order valence-electron chi connectivity index (χ1n) is 7.90. The van der Waals surface area contributed by atoms with Crippen LogP contribution in [0.25, 0.3) is 0 Å². The highest BCUT2D eigenvalue weighted by molar-refractivity contribution is 5.51. The average molecular weight is 270 g/mol. The molecule has 106 valence electrons. The van der Waals surface area contributed by atoms with Gasteiger partial charge in [-0.1, -0.05) is 0 Å². The molecule has 1 heterocycles. The molecule has 4 fully saturated rings. The second-order valence-corrected chi connectivity index (χ2v) is 7.12. The average Bonchev–Trinajstić information content (AvgIpc) is 2.78. The smallest absolute Gasteiger partial charge is 0.142 e. The minimum atomic E-state index is 0.663. The summed E-state index contributed by atoms with van der Waals surface area (Å²) in [5.41, 5.74) is 0.663. The zero-order chi connectivity index (χ0) is 13.7. The van der Waals surface area contributed by atoms with Gasteiger partial charge in [0.2, 0.25) is 0 Å². The molecule has 0 aliphatic heterocycles. The molecule has 1 N–H and O–H groups in total. The van der Waals surface area contributed by atoms with E-state index in [9.17, 15) is 0 Å². The Morgan fingerprint density at radius 1 is 1.25 bits per heavy atom. The molecule has 20 heavy (non-hydrogen) atoms. The van der Waals surface area contributed by atoms with Gasteiger partial charge in [-0.25, -0.2) is 0 Å². The van der Waals surface area contributed by atoms with Crippen LogP contribution in [0, 0.1) is 40.9 Å². The van der Waals surface area contributed by atoms with Crippen LogP contribution in [0.3, 0.4) is 0 Å². The first-order valence-corrected chi connectivity index (χ1v) is 7.90. The summed E-state index contributed by atoms with van der Waals surface area (Å²) in [6.45, 7) is 1.02. The van der Waals surface area contributed by atoms with Gasteiger partial charge in [0.25, 0.3) is 0 Å². The lowest BCUT2D eigenvalue weighted by Gasteiger charge is -2.54. The van der Waals surface area contributed by atoms with Gasteiger partial charge in [-0.2, -0.15) is 10.4 Å². The Morgan fingerprint density at radius 2 is 1.90 bits per heavy atom. The van der Waals surface area contributed by atoms with E-state index in [1.807, 2.05) is 7.05 Å². The highest BCUT2D eigenvalue weighted by Crippen LogP contribution is 2.56. The number of rotatable bonds is 3. The van der Waals surface area contributed by atoms with Crippen molar-refractivity contribution in [3.05, 3.63) is 11.8 Å². The number of aromatic nitrogens is 2. The number of anilines is 1. The molecule has 4 aliphatic carbocycles. The van der Waals surface area contributed by atoms with Crippen molar-refractivity contribution in [1.82, 2.24) is 9.78 Å². The molecule has 1 aromatic heterocycles. The van der Waals surface area contributed by atoms with Crippen molar-refractivity contribution in [1.29, 1.82) is 5.26 Å². The zero-order valence-corrected chi connectivity index (χ0v) is 12.0. The predicted molar refractivity (Wildman–Crippen MR) is 76.9 cm³/mol. The lowest BCUT2D eigenvalue weighted by molar-refractivity contribution is -0.0306. The van der Waals surface area contributed by atoms with E-state index in [-0.39, 0.29) is 0 Å². The number of nitrogens with one attached hydrogen (secondary N) is 1. The molecule has 0 atom stereocenters. The standard InChI is InChI=1S/C16H22N4/c1-20-16(14(7-17)8-19-20)18-9-15-12-3-10-2-11(5-12)6-13(15)4-10/h8,10-13,15,18H,2-6,9H2,1H3. The molecule has 0 aromatic carbocycles. The number of hydrogen-bond donors (Lipinski definition) is 1. The molecule has 0 spiro atoms. The van der Waals surface area contributed by atoms with Crippen molar-refractivity contribution >= 4 is 5.82 Å². The minimum absolute atomic E-state index is 0.663. The summed E-state index contributed by atoms with van der Waals surface area (Å²) in [4.78, 5) is 0. The highest BCUT2D eigenvalue weighted by atomic mass is 15.3. The summed E-state index contributed by atoms with van der Waals surface area (Å²) in [6, 6.07) is 2.22. The highest BCUT2D eigenvalue weighted by Gasteiger charge is 2.47. The van der Waals surface area contributed by atoms with Crippen LogP contribution in [0.1, 0.15) is 37.7 Å². The Kier molecular flexibility index (Phi) is 2.76. The lowest BCUT2D eigenvalue weighted by Crippen LogP contribution is -2.47. The Hall–Kier alpha value is -1.50. The molecule has 0 saturated heterocycles. The van der Waals surface area contributed by atoms with Gasteiger partial charge >= 0.3 is 0 Å². The summed E-state index contributed by atoms with van der Waals surface area (Å²) < 4.78 is 1.79. The second kappa shape index (κ2) is 4.51. The fourth-order valence-electron chi connectivity index (χ4n) is 5.31. The van der Waals surface area contributed by atoms with Crippen LogP contribution in [0.4, 0.5) is 5.82 Å². The quantitative estimate of drug-likeness (QED) is 0.919. The maximum atomic E-state index is 9.13. The van der Waals surface area contributed by atoms with Crippen LogP contribution >= 0.6 is 0 Å². The summed E-state index contributed by atoms with van der Waals surface area (Å²) >= 11 is 0. The van der Waals surface area contributed by atoms with Crippen LogP contribution in [0.5, 0.6) is 0 Å². The maximum absolute atomic E-state index is 9.13. The third kappa shape index (κ3) is 1.83. The molecule has 4 saturated carbocycles. The minimum Gasteiger partial charge on any atom is -0.369 e. The van der Waals surface area contributed by atoms with E-state index >= 15 is 0 Å². The number of hydrogen-bond acceptors (Lipinski definition) is 3. The van der Waals surface area contributed by atoms with Gasteiger partial charge in [0.1, 0.15) is 17.5 Å². The molecule has 5 rings (SSSR count). The number of aryl methyl sites for hydroxylation is 1. The van der Waals surface area contributed by atoms with E-state index < -0.39 is 0 Å². The fourth-order valence-corrected chi connectivity index (χ4v) is 5.31. The van der Waals surface area contributed by atoms with Gasteiger partial charge in [0, 0.05) is 13.6 Å². The van der Waals surface area contributed by atoms with Gasteiger partial charge < -0.3 is 5.32 Å². The summed E-state index contributed by atoms with van der Waals surface area (Å²) in [6.07, 6.45) is 8.98. The third-order valence-corrected chi connectivity index (χ3v) is 5.99. The van der Waals surface area contributed by atoms with Crippen LogP contribution in [-0.4, -0.2) is 16.3 Å². The molecular weight excluding hydrogens is 248 g/mol. The zero-order valence-electron chi connectivity index (χ0n) is 12.0. The van der Waals surface area contributed by atoms with E-state index in [1.54, 1.807) is 10.9 Å². The fraction of sp³-hybridized carbons (Fsp3) is 0.750. The van der Waals surface area contributed by atoms with Crippen LogP contribution < -0.4 is 5.32 Å². The molecule has 1 aromatic rings. The van der Waals surface area contributed by atoms with Crippen molar-refractivity contribution in [2.24, 2.45) is 36.6 Å². The van der Waals surface area contributed by atoms with Crippen molar-refractivity contribution in [2.45, 2.75) is 32.1 Å². The molecule has 0 amide bonds. The lowest BCUT2D eigenvalue weighted by atomic mass is 9.52. The summed E-state index contributed by atoms with van der Waals surface area (Å²) in [5, 5.41) is 16.8. The van der Waals surface area contributed by atoms with E-state index in [4.69, 9.17) is 5.26 Å². The molecule has 4 heteroatoms. The second-order valence-electron chi connectivity index (χ2n) is 7.12. The number of nitrogens with zero attached hydrogens (tertiary/aromatic N) is 3. The van der Waals surface area contributed by atoms with Crippen LogP contribution in [-0.2, 0) is 7.05 Å². The molecule has 4 bridgehead atoms. The van der Waals surface area contributed by atoms with Gasteiger partial charge in [-0.05, 0) is 61.7 Å². The van der Waals surface area contributed by atoms with Gasteiger partial charge in [0.15, 0.2) is 0 Å². The summed E-state index contributed by atoms with van der Waals surface area (Å²) in [7, 11) is 1.90. The molecule has 4 nitrogen and oxygen atoms in total.